The highest BCUT2D eigenvalue weighted by atomic mass is 32.2. The van der Waals surface area contributed by atoms with Gasteiger partial charge in [-0.2, -0.15) is 0 Å². The van der Waals surface area contributed by atoms with Crippen molar-refractivity contribution in [3.8, 4) is 0 Å². The molecule has 1 rings (SSSR count). The molecule has 2 atom stereocenters. The molecule has 0 saturated carbocycles. The van der Waals surface area contributed by atoms with Crippen molar-refractivity contribution < 1.29 is 9.53 Å². The Morgan fingerprint density at radius 3 is 2.45 bits per heavy atom. The SMILES string of the molecule is COC(=O)C/C=C/[C@@H](C)[C@H](Sc1ccccc1)C(C)C. The summed E-state index contributed by atoms with van der Waals surface area (Å²) in [5.74, 6) is 0.785. The molecule has 0 aliphatic rings. The Morgan fingerprint density at radius 2 is 1.90 bits per heavy atom. The zero-order valence-corrected chi connectivity index (χ0v) is 13.5. The van der Waals surface area contributed by atoms with Gasteiger partial charge in [-0.3, -0.25) is 4.79 Å². The molecule has 110 valence electrons. The van der Waals surface area contributed by atoms with Crippen LogP contribution in [-0.2, 0) is 9.53 Å². The summed E-state index contributed by atoms with van der Waals surface area (Å²) in [6, 6.07) is 10.5. The first-order chi connectivity index (χ1) is 9.54. The molecule has 0 fully saturated rings. The second kappa shape index (κ2) is 8.85. The van der Waals surface area contributed by atoms with E-state index in [1.807, 2.05) is 23.9 Å². The third kappa shape index (κ3) is 5.83. The quantitative estimate of drug-likeness (QED) is 0.419. The Bertz CT molecular complexity index is 426. The summed E-state index contributed by atoms with van der Waals surface area (Å²) in [6.07, 6.45) is 4.39. The van der Waals surface area contributed by atoms with Gasteiger partial charge in [0.05, 0.1) is 13.5 Å². The number of benzene rings is 1. The van der Waals surface area contributed by atoms with Gasteiger partial charge in [0.25, 0.3) is 0 Å². The first kappa shape index (κ1) is 16.8. The Hall–Kier alpha value is -1.22. The molecular weight excluding hydrogens is 268 g/mol. The topological polar surface area (TPSA) is 26.3 Å². The average molecular weight is 292 g/mol. The van der Waals surface area contributed by atoms with Crippen LogP contribution in [0.4, 0.5) is 0 Å². The highest BCUT2D eigenvalue weighted by Gasteiger charge is 2.20. The number of hydrogen-bond acceptors (Lipinski definition) is 3. The van der Waals surface area contributed by atoms with Gasteiger partial charge < -0.3 is 4.74 Å². The van der Waals surface area contributed by atoms with Crippen LogP contribution < -0.4 is 0 Å². The summed E-state index contributed by atoms with van der Waals surface area (Å²) >= 11 is 1.90. The molecule has 0 amide bonds. The second-order valence-corrected chi connectivity index (χ2v) is 6.46. The number of allylic oxidation sites excluding steroid dienone is 1. The van der Waals surface area contributed by atoms with Crippen LogP contribution in [-0.4, -0.2) is 18.3 Å². The molecule has 0 spiro atoms. The Morgan fingerprint density at radius 1 is 1.25 bits per heavy atom. The summed E-state index contributed by atoms with van der Waals surface area (Å²) in [7, 11) is 1.42. The molecule has 0 aromatic heterocycles. The summed E-state index contributed by atoms with van der Waals surface area (Å²) < 4.78 is 4.64. The summed E-state index contributed by atoms with van der Waals surface area (Å²) in [4.78, 5) is 12.4. The molecule has 0 saturated heterocycles. The predicted molar refractivity (Wildman–Crippen MR) is 85.9 cm³/mol. The van der Waals surface area contributed by atoms with Gasteiger partial charge in [0.15, 0.2) is 0 Å². The first-order valence-corrected chi connectivity index (χ1v) is 7.87. The third-order valence-corrected chi connectivity index (χ3v) is 4.93. The maximum atomic E-state index is 11.1. The molecule has 0 heterocycles. The van der Waals surface area contributed by atoms with Crippen LogP contribution in [0.15, 0.2) is 47.4 Å². The van der Waals surface area contributed by atoms with Crippen LogP contribution in [0.2, 0.25) is 0 Å². The third-order valence-electron chi connectivity index (χ3n) is 3.14. The van der Waals surface area contributed by atoms with Crippen molar-refractivity contribution in [1.29, 1.82) is 0 Å². The highest BCUT2D eigenvalue weighted by Crippen LogP contribution is 2.33. The smallest absolute Gasteiger partial charge is 0.309 e. The van der Waals surface area contributed by atoms with Crippen molar-refractivity contribution in [3.63, 3.8) is 0 Å². The number of esters is 1. The second-order valence-electron chi connectivity index (χ2n) is 5.21. The van der Waals surface area contributed by atoms with Gasteiger partial charge in [-0.05, 0) is 24.0 Å². The minimum absolute atomic E-state index is 0.190. The van der Waals surface area contributed by atoms with Crippen molar-refractivity contribution in [2.45, 2.75) is 37.3 Å². The predicted octanol–water partition coefficient (Wildman–Crippen LogP) is 4.56. The minimum atomic E-state index is -0.190. The Labute approximate surface area is 126 Å². The standard InChI is InChI=1S/C17H24O2S/c1-13(2)17(20-15-10-6-5-7-11-15)14(3)9-8-12-16(18)19-4/h5-11,13-14,17H,12H2,1-4H3/b9-8+/t14-,17-/m1/s1. The fourth-order valence-electron chi connectivity index (χ4n) is 2.08. The van der Waals surface area contributed by atoms with Gasteiger partial charge in [-0.25, -0.2) is 0 Å². The van der Waals surface area contributed by atoms with E-state index in [1.165, 1.54) is 12.0 Å². The van der Waals surface area contributed by atoms with Crippen molar-refractivity contribution in [2.75, 3.05) is 7.11 Å². The van der Waals surface area contributed by atoms with Crippen LogP contribution in [0.3, 0.4) is 0 Å². The molecule has 0 bridgehead atoms. The maximum absolute atomic E-state index is 11.1. The minimum Gasteiger partial charge on any atom is -0.469 e. The molecule has 1 aromatic carbocycles. The number of carbonyl (C=O) groups excluding carboxylic acids is 1. The normalized spacial score (nSPS) is 14.4. The molecule has 2 nitrogen and oxygen atoms in total. The van der Waals surface area contributed by atoms with Gasteiger partial charge in [-0.1, -0.05) is 51.1 Å². The largest absolute Gasteiger partial charge is 0.469 e. The van der Waals surface area contributed by atoms with E-state index in [1.54, 1.807) is 0 Å². The molecule has 20 heavy (non-hydrogen) atoms. The Balaban J connectivity index is 2.63. The van der Waals surface area contributed by atoms with E-state index >= 15 is 0 Å². The van der Waals surface area contributed by atoms with Crippen molar-refractivity contribution in [1.82, 2.24) is 0 Å². The summed E-state index contributed by atoms with van der Waals surface area (Å²) in [5.41, 5.74) is 0. The molecule has 3 heteroatoms. The molecule has 0 aliphatic heterocycles. The lowest BCUT2D eigenvalue weighted by atomic mass is 9.97. The molecule has 0 N–H and O–H groups in total. The summed E-state index contributed by atoms with van der Waals surface area (Å²) in [5, 5.41) is 0.492. The number of thioether (sulfide) groups is 1. The van der Waals surface area contributed by atoms with Crippen molar-refractivity contribution >= 4 is 17.7 Å². The van der Waals surface area contributed by atoms with Crippen LogP contribution in [0.1, 0.15) is 27.2 Å². The van der Waals surface area contributed by atoms with Crippen molar-refractivity contribution in [2.24, 2.45) is 11.8 Å². The number of ether oxygens (including phenoxy) is 1. The number of rotatable bonds is 7. The molecule has 0 unspecified atom stereocenters. The lowest BCUT2D eigenvalue weighted by Gasteiger charge is -2.25. The fraction of sp³-hybridized carbons (Fsp3) is 0.471. The number of hydrogen-bond donors (Lipinski definition) is 0. The van der Waals surface area contributed by atoms with Crippen LogP contribution >= 0.6 is 11.8 Å². The lowest BCUT2D eigenvalue weighted by molar-refractivity contribution is -0.139. The first-order valence-electron chi connectivity index (χ1n) is 6.99. The van der Waals surface area contributed by atoms with Crippen LogP contribution in [0, 0.1) is 11.8 Å². The average Bonchev–Trinajstić information content (AvgIpc) is 2.45. The van der Waals surface area contributed by atoms with Gasteiger partial charge in [-0.15, -0.1) is 11.8 Å². The van der Waals surface area contributed by atoms with E-state index in [0.717, 1.165) is 0 Å². The monoisotopic (exact) mass is 292 g/mol. The molecule has 0 aliphatic carbocycles. The van der Waals surface area contributed by atoms with E-state index < -0.39 is 0 Å². The number of carbonyl (C=O) groups is 1. The Kier molecular flexibility index (Phi) is 7.45. The van der Waals surface area contributed by atoms with E-state index in [-0.39, 0.29) is 5.97 Å². The fourth-order valence-corrected chi connectivity index (χ4v) is 3.28. The lowest BCUT2D eigenvalue weighted by Crippen LogP contribution is -2.19. The van der Waals surface area contributed by atoms with E-state index in [2.05, 4.69) is 55.8 Å². The summed E-state index contributed by atoms with van der Waals surface area (Å²) in [6.45, 7) is 6.69. The van der Waals surface area contributed by atoms with Gasteiger partial charge in [0, 0.05) is 10.1 Å². The van der Waals surface area contributed by atoms with E-state index in [9.17, 15) is 4.79 Å². The maximum Gasteiger partial charge on any atom is 0.309 e. The molecule has 1 aromatic rings. The van der Waals surface area contributed by atoms with E-state index in [0.29, 0.717) is 23.5 Å². The zero-order valence-electron chi connectivity index (χ0n) is 12.7. The zero-order chi connectivity index (χ0) is 15.0. The van der Waals surface area contributed by atoms with Gasteiger partial charge in [0.2, 0.25) is 0 Å². The molecule has 0 radical (unpaired) electrons. The van der Waals surface area contributed by atoms with Gasteiger partial charge in [0.1, 0.15) is 0 Å². The van der Waals surface area contributed by atoms with Crippen LogP contribution in [0.25, 0.3) is 0 Å². The van der Waals surface area contributed by atoms with Crippen LogP contribution in [0.5, 0.6) is 0 Å². The van der Waals surface area contributed by atoms with Gasteiger partial charge >= 0.3 is 5.97 Å². The number of methoxy groups -OCH3 is 1. The highest BCUT2D eigenvalue weighted by molar-refractivity contribution is 8.00. The van der Waals surface area contributed by atoms with E-state index in [4.69, 9.17) is 0 Å². The van der Waals surface area contributed by atoms with Crippen molar-refractivity contribution in [3.05, 3.63) is 42.5 Å². The molecular formula is C17H24O2S.